The molecule has 18 heavy (non-hydrogen) atoms. The van der Waals surface area contributed by atoms with Gasteiger partial charge in [-0.05, 0) is 36.3 Å². The summed E-state index contributed by atoms with van der Waals surface area (Å²) in [5.41, 5.74) is 2.94. The van der Waals surface area contributed by atoms with Crippen molar-refractivity contribution < 1.29 is 0 Å². The van der Waals surface area contributed by atoms with Crippen LogP contribution in [0.5, 0.6) is 0 Å². The van der Waals surface area contributed by atoms with Crippen LogP contribution in [0.25, 0.3) is 6.08 Å². The zero-order chi connectivity index (χ0) is 13.8. The smallest absolute Gasteiger partial charge is 0.0184 e. The van der Waals surface area contributed by atoms with Crippen LogP contribution < -0.4 is 0 Å². The van der Waals surface area contributed by atoms with E-state index in [1.54, 1.807) is 0 Å². The van der Waals surface area contributed by atoms with Crippen molar-refractivity contribution in [1.82, 2.24) is 0 Å². The molecule has 0 heterocycles. The van der Waals surface area contributed by atoms with Crippen LogP contribution in [-0.4, -0.2) is 0 Å². The molecule has 0 saturated carbocycles. The van der Waals surface area contributed by atoms with E-state index in [0.29, 0.717) is 5.92 Å². The zero-order valence-electron chi connectivity index (χ0n) is 12.9. The molecule has 1 aliphatic rings. The summed E-state index contributed by atoms with van der Waals surface area (Å²) in [5, 5.41) is 0. The molecular weight excluding hydrogens is 216 g/mol. The van der Waals surface area contributed by atoms with Gasteiger partial charge in [-0.25, -0.2) is 0 Å². The van der Waals surface area contributed by atoms with Crippen LogP contribution in [0.1, 0.15) is 77.3 Å². The first-order valence-corrected chi connectivity index (χ1v) is 7.63. The maximum Gasteiger partial charge on any atom is -0.0184 e. The van der Waals surface area contributed by atoms with E-state index in [2.05, 4.69) is 43.3 Å². The van der Waals surface area contributed by atoms with Gasteiger partial charge in [-0.2, -0.15) is 0 Å². The van der Waals surface area contributed by atoms with Gasteiger partial charge in [0.2, 0.25) is 0 Å². The van der Waals surface area contributed by atoms with Crippen molar-refractivity contribution in [2.75, 3.05) is 0 Å². The molecule has 1 atom stereocenters. The first-order valence-electron chi connectivity index (χ1n) is 7.63. The Morgan fingerprint density at radius 2 is 1.61 bits per heavy atom. The van der Waals surface area contributed by atoms with Gasteiger partial charge >= 0.3 is 0 Å². The summed E-state index contributed by atoms with van der Waals surface area (Å²) in [4.78, 5) is 0. The van der Waals surface area contributed by atoms with Crippen molar-refractivity contribution in [2.24, 2.45) is 0 Å². The first kappa shape index (κ1) is 17.0. The second-order valence-electron chi connectivity index (χ2n) is 4.22. The standard InChI is InChI=1S/C14H18.2C2H6/c1-12-8-4-2-3-5-9-13-10-6-7-11-14(12)13;2*1-2/h5-7,9-12H,2-4,8H2,1H3;2*1-2H3/b9-5+;;. The third-order valence-corrected chi connectivity index (χ3v) is 3.08. The minimum Gasteiger partial charge on any atom is -0.0839 e. The molecule has 0 heteroatoms. The molecule has 0 saturated heterocycles. The molecule has 1 aliphatic carbocycles. The molecule has 102 valence electrons. The average Bonchev–Trinajstić information content (AvgIpc) is 2.55. The molecule has 1 aromatic rings. The molecular formula is C18H30. The molecule has 0 fully saturated rings. The fourth-order valence-electron chi connectivity index (χ4n) is 2.19. The highest BCUT2D eigenvalue weighted by molar-refractivity contribution is 5.54. The number of benzene rings is 1. The Labute approximate surface area is 114 Å². The summed E-state index contributed by atoms with van der Waals surface area (Å²) in [7, 11) is 0. The van der Waals surface area contributed by atoms with Crippen LogP contribution in [0, 0.1) is 0 Å². The van der Waals surface area contributed by atoms with Gasteiger partial charge in [-0.15, -0.1) is 0 Å². The summed E-state index contributed by atoms with van der Waals surface area (Å²) in [6.45, 7) is 10.3. The molecule has 0 aliphatic heterocycles. The number of hydrogen-bond acceptors (Lipinski definition) is 0. The first-order chi connectivity index (χ1) is 8.88. The molecule has 0 radical (unpaired) electrons. The van der Waals surface area contributed by atoms with Gasteiger partial charge in [0.15, 0.2) is 0 Å². The lowest BCUT2D eigenvalue weighted by Gasteiger charge is -2.13. The summed E-state index contributed by atoms with van der Waals surface area (Å²) >= 11 is 0. The van der Waals surface area contributed by atoms with Gasteiger partial charge in [0.05, 0.1) is 0 Å². The van der Waals surface area contributed by atoms with Gasteiger partial charge in [0.25, 0.3) is 0 Å². The Bertz CT molecular complexity index is 323. The minimum absolute atomic E-state index is 0.717. The highest BCUT2D eigenvalue weighted by atomic mass is 14.1. The van der Waals surface area contributed by atoms with Crippen molar-refractivity contribution in [3.8, 4) is 0 Å². The monoisotopic (exact) mass is 246 g/mol. The summed E-state index contributed by atoms with van der Waals surface area (Å²) in [6, 6.07) is 8.79. The molecule has 1 unspecified atom stereocenters. The fourth-order valence-corrected chi connectivity index (χ4v) is 2.19. The molecule has 2 rings (SSSR count). The van der Waals surface area contributed by atoms with E-state index in [1.165, 1.54) is 36.8 Å². The Hall–Kier alpha value is -1.04. The van der Waals surface area contributed by atoms with Crippen molar-refractivity contribution >= 4 is 6.08 Å². The summed E-state index contributed by atoms with van der Waals surface area (Å²) in [5.74, 6) is 0.717. The van der Waals surface area contributed by atoms with Crippen molar-refractivity contribution in [3.05, 3.63) is 41.5 Å². The average molecular weight is 246 g/mol. The van der Waals surface area contributed by atoms with E-state index in [9.17, 15) is 0 Å². The van der Waals surface area contributed by atoms with Crippen LogP contribution in [-0.2, 0) is 0 Å². The zero-order valence-corrected chi connectivity index (χ0v) is 12.9. The highest BCUT2D eigenvalue weighted by Crippen LogP contribution is 2.27. The highest BCUT2D eigenvalue weighted by Gasteiger charge is 2.09. The number of allylic oxidation sites excluding steroid dienone is 1. The van der Waals surface area contributed by atoms with E-state index in [1.807, 2.05) is 27.7 Å². The van der Waals surface area contributed by atoms with Gasteiger partial charge in [0, 0.05) is 0 Å². The Morgan fingerprint density at radius 1 is 0.944 bits per heavy atom. The number of hydrogen-bond donors (Lipinski definition) is 0. The third-order valence-electron chi connectivity index (χ3n) is 3.08. The molecule has 0 aromatic heterocycles. The van der Waals surface area contributed by atoms with E-state index >= 15 is 0 Å². The summed E-state index contributed by atoms with van der Waals surface area (Å²) < 4.78 is 0. The Balaban J connectivity index is 0.000000659. The molecule has 0 spiro atoms. The van der Waals surface area contributed by atoms with Crippen LogP contribution >= 0.6 is 0 Å². The lowest BCUT2D eigenvalue weighted by Crippen LogP contribution is -1.95. The molecule has 0 nitrogen and oxygen atoms in total. The van der Waals surface area contributed by atoms with Crippen LogP contribution in [0.15, 0.2) is 30.3 Å². The molecule has 0 N–H and O–H groups in total. The fraction of sp³-hybridized carbons (Fsp3) is 0.556. The number of rotatable bonds is 0. The van der Waals surface area contributed by atoms with Crippen LogP contribution in [0.4, 0.5) is 0 Å². The van der Waals surface area contributed by atoms with Gasteiger partial charge in [-0.1, -0.05) is 77.5 Å². The minimum atomic E-state index is 0.717. The van der Waals surface area contributed by atoms with Crippen molar-refractivity contribution in [1.29, 1.82) is 0 Å². The Kier molecular flexibility index (Phi) is 10.4. The largest absolute Gasteiger partial charge is 0.0839 e. The van der Waals surface area contributed by atoms with Crippen LogP contribution in [0.2, 0.25) is 0 Å². The lowest BCUT2D eigenvalue weighted by molar-refractivity contribution is 0.610. The second kappa shape index (κ2) is 11.1. The Morgan fingerprint density at radius 3 is 2.33 bits per heavy atom. The molecule has 0 bridgehead atoms. The predicted molar refractivity (Wildman–Crippen MR) is 85.1 cm³/mol. The topological polar surface area (TPSA) is 0 Å². The van der Waals surface area contributed by atoms with E-state index < -0.39 is 0 Å². The molecule has 0 amide bonds. The van der Waals surface area contributed by atoms with Gasteiger partial charge in [-0.3, -0.25) is 0 Å². The normalized spacial score (nSPS) is 19.5. The van der Waals surface area contributed by atoms with Gasteiger partial charge in [0.1, 0.15) is 0 Å². The van der Waals surface area contributed by atoms with E-state index in [4.69, 9.17) is 0 Å². The van der Waals surface area contributed by atoms with E-state index in [0.717, 1.165) is 0 Å². The molecule has 1 aromatic carbocycles. The number of fused-ring (bicyclic) bond motifs is 1. The van der Waals surface area contributed by atoms with Crippen LogP contribution in [0.3, 0.4) is 0 Å². The maximum atomic E-state index is 2.35. The van der Waals surface area contributed by atoms with E-state index in [-0.39, 0.29) is 0 Å². The lowest BCUT2D eigenvalue weighted by atomic mass is 9.92. The second-order valence-corrected chi connectivity index (χ2v) is 4.22. The maximum absolute atomic E-state index is 2.35. The predicted octanol–water partition coefficient (Wildman–Crippen LogP) is 6.43. The van der Waals surface area contributed by atoms with Gasteiger partial charge < -0.3 is 0 Å². The third kappa shape index (κ3) is 5.53. The SMILES string of the molecule is CC.CC.CC1CCCC/C=C/c2ccccc21. The van der Waals surface area contributed by atoms with Crippen molar-refractivity contribution in [3.63, 3.8) is 0 Å². The van der Waals surface area contributed by atoms with Crippen molar-refractivity contribution in [2.45, 2.75) is 66.2 Å². The summed E-state index contributed by atoms with van der Waals surface area (Å²) in [6.07, 6.45) is 9.88. The quantitative estimate of drug-likeness (QED) is 0.495.